The number of rotatable bonds is 9. The molecule has 0 aromatic heterocycles. The maximum absolute atomic E-state index is 13.9. The Bertz CT molecular complexity index is 1470. The summed E-state index contributed by atoms with van der Waals surface area (Å²) in [5, 5.41) is 2.19. The number of carbonyl (C=O) groups is 4. The monoisotopic (exact) mass is 568 g/mol. The molecule has 2 heterocycles. The van der Waals surface area contributed by atoms with Crippen molar-refractivity contribution < 1.29 is 28.7 Å². The molecule has 2 amide bonds. The van der Waals surface area contributed by atoms with Crippen molar-refractivity contribution in [3.05, 3.63) is 130 Å². The molecule has 3 aromatic rings. The van der Waals surface area contributed by atoms with Gasteiger partial charge < -0.3 is 14.8 Å². The number of hydrogen-bond donors (Lipinski definition) is 1. The van der Waals surface area contributed by atoms with Crippen LogP contribution >= 0.6 is 11.8 Å². The predicted octanol–water partition coefficient (Wildman–Crippen LogP) is 4.29. The van der Waals surface area contributed by atoms with Gasteiger partial charge >= 0.3 is 11.9 Å². The van der Waals surface area contributed by atoms with E-state index in [9.17, 15) is 19.2 Å². The summed E-state index contributed by atoms with van der Waals surface area (Å²) in [5.41, 5.74) is 2.55. The molecule has 2 aliphatic rings. The third kappa shape index (κ3) is 6.10. The van der Waals surface area contributed by atoms with Crippen molar-refractivity contribution in [2.75, 3.05) is 6.61 Å². The summed E-state index contributed by atoms with van der Waals surface area (Å²) in [6.45, 7) is 5.08. The lowest BCUT2D eigenvalue weighted by molar-refractivity contribution is -0.154. The summed E-state index contributed by atoms with van der Waals surface area (Å²) in [4.78, 5) is 53.5. The standard InChI is InChI=1S/C32H28N2O6S/c1-20-25(19-39-21(2)35)28(32(38)40-29(23-14-8-4-9-15-23)24-16-10-5-11-17-24)34-30(37)27(31(34)41-20)33-26(36)18-22-12-6-3-7-13-22/h3-17,27,29,31H,1,18-19H2,2H3,(H,33,36)/t27?,31-/m1/s1. The van der Waals surface area contributed by atoms with E-state index in [2.05, 4.69) is 11.9 Å². The molecule has 0 aliphatic carbocycles. The van der Waals surface area contributed by atoms with E-state index < -0.39 is 35.4 Å². The van der Waals surface area contributed by atoms with Gasteiger partial charge in [0.05, 0.1) is 6.42 Å². The summed E-state index contributed by atoms with van der Waals surface area (Å²) in [7, 11) is 0. The zero-order valence-corrected chi connectivity index (χ0v) is 23.1. The molecular weight excluding hydrogens is 540 g/mol. The normalized spacial score (nSPS) is 18.0. The van der Waals surface area contributed by atoms with Crippen LogP contribution in [0.3, 0.4) is 0 Å². The first-order valence-electron chi connectivity index (χ1n) is 13.0. The van der Waals surface area contributed by atoms with E-state index in [4.69, 9.17) is 9.47 Å². The summed E-state index contributed by atoms with van der Waals surface area (Å²) in [6.07, 6.45) is -0.646. The Balaban J connectivity index is 1.43. The molecular formula is C32H28N2O6S. The van der Waals surface area contributed by atoms with Crippen LogP contribution in [0.15, 0.2) is 114 Å². The van der Waals surface area contributed by atoms with E-state index in [-0.39, 0.29) is 30.2 Å². The fourth-order valence-corrected chi connectivity index (χ4v) is 5.97. The average molecular weight is 569 g/mol. The van der Waals surface area contributed by atoms with Crippen LogP contribution < -0.4 is 5.32 Å². The molecule has 0 spiro atoms. The topological polar surface area (TPSA) is 102 Å². The third-order valence-electron chi connectivity index (χ3n) is 6.74. The second kappa shape index (κ2) is 12.3. The van der Waals surface area contributed by atoms with Crippen molar-refractivity contribution in [2.45, 2.75) is 30.9 Å². The minimum Gasteiger partial charge on any atom is -0.461 e. The Hall–Kier alpha value is -4.63. The summed E-state index contributed by atoms with van der Waals surface area (Å²) in [5.74, 6) is -2.08. The fraction of sp³-hybridized carbons (Fsp3) is 0.188. The molecule has 0 radical (unpaired) electrons. The average Bonchev–Trinajstić information content (AvgIpc) is 2.98. The van der Waals surface area contributed by atoms with Gasteiger partial charge in [-0.2, -0.15) is 0 Å². The van der Waals surface area contributed by atoms with Gasteiger partial charge in [-0.15, -0.1) is 0 Å². The van der Waals surface area contributed by atoms with Gasteiger partial charge in [0.15, 0.2) is 6.10 Å². The second-order valence-corrected chi connectivity index (χ2v) is 10.8. The molecule has 1 fully saturated rings. The van der Waals surface area contributed by atoms with Crippen molar-refractivity contribution >= 4 is 35.5 Å². The largest absolute Gasteiger partial charge is 0.461 e. The zero-order chi connectivity index (χ0) is 28.9. The smallest absolute Gasteiger partial charge is 0.356 e. The van der Waals surface area contributed by atoms with Crippen LogP contribution in [0.2, 0.25) is 0 Å². The highest BCUT2D eigenvalue weighted by Gasteiger charge is 2.55. The molecule has 3 aromatic carbocycles. The highest BCUT2D eigenvalue weighted by molar-refractivity contribution is 8.04. The van der Waals surface area contributed by atoms with E-state index in [1.165, 1.54) is 23.6 Å². The number of nitrogens with one attached hydrogen (secondary N) is 1. The number of hydrogen-bond acceptors (Lipinski definition) is 7. The van der Waals surface area contributed by atoms with Crippen LogP contribution in [0.1, 0.15) is 29.7 Å². The lowest BCUT2D eigenvalue weighted by Crippen LogP contribution is -2.70. The highest BCUT2D eigenvalue weighted by atomic mass is 32.2. The zero-order valence-electron chi connectivity index (χ0n) is 22.3. The fourth-order valence-electron chi connectivity index (χ4n) is 4.75. The van der Waals surface area contributed by atoms with Crippen molar-refractivity contribution in [3.63, 3.8) is 0 Å². The molecule has 8 nitrogen and oxygen atoms in total. The van der Waals surface area contributed by atoms with Crippen LogP contribution in [0.4, 0.5) is 0 Å². The van der Waals surface area contributed by atoms with Gasteiger partial charge in [-0.3, -0.25) is 19.3 Å². The van der Waals surface area contributed by atoms with Crippen LogP contribution in [0, 0.1) is 0 Å². The van der Waals surface area contributed by atoms with Gasteiger partial charge in [0, 0.05) is 17.4 Å². The van der Waals surface area contributed by atoms with Crippen LogP contribution in [-0.2, 0) is 35.1 Å². The van der Waals surface area contributed by atoms with Crippen molar-refractivity contribution in [1.29, 1.82) is 0 Å². The number of amides is 2. The first kappa shape index (κ1) is 27.9. The Morgan fingerprint density at radius 1 is 0.927 bits per heavy atom. The summed E-state index contributed by atoms with van der Waals surface area (Å²) in [6, 6.07) is 26.9. The third-order valence-corrected chi connectivity index (χ3v) is 7.99. The van der Waals surface area contributed by atoms with Crippen molar-refractivity contribution in [1.82, 2.24) is 10.2 Å². The SMILES string of the molecule is C=C1S[C@@H]2C(NC(=O)Cc3ccccc3)C(=O)N2C(C(=O)OC(c2ccccc2)c2ccccc2)=C1COC(C)=O. The van der Waals surface area contributed by atoms with Gasteiger partial charge in [-0.05, 0) is 16.7 Å². The molecule has 1 unspecified atom stereocenters. The molecule has 41 heavy (non-hydrogen) atoms. The van der Waals surface area contributed by atoms with Crippen LogP contribution in [0.25, 0.3) is 0 Å². The molecule has 0 saturated carbocycles. The lowest BCUT2D eigenvalue weighted by atomic mass is 10.00. The number of esters is 2. The van der Waals surface area contributed by atoms with Gasteiger partial charge in [0.25, 0.3) is 5.91 Å². The van der Waals surface area contributed by atoms with E-state index >= 15 is 0 Å². The van der Waals surface area contributed by atoms with Gasteiger partial charge in [-0.1, -0.05) is 109 Å². The molecule has 9 heteroatoms. The van der Waals surface area contributed by atoms with Crippen LogP contribution in [-0.4, -0.2) is 46.7 Å². The molecule has 1 N–H and O–H groups in total. The Labute approximate surface area is 242 Å². The Morgan fingerprint density at radius 2 is 1.49 bits per heavy atom. The number of ether oxygens (including phenoxy) is 2. The predicted molar refractivity (Wildman–Crippen MR) is 154 cm³/mol. The molecule has 2 aliphatic heterocycles. The molecule has 208 valence electrons. The van der Waals surface area contributed by atoms with Gasteiger partial charge in [-0.25, -0.2) is 4.79 Å². The lowest BCUT2D eigenvalue weighted by Gasteiger charge is -2.50. The Morgan fingerprint density at radius 3 is 2.05 bits per heavy atom. The number of nitrogens with zero attached hydrogens (tertiary/aromatic N) is 1. The minimum absolute atomic E-state index is 0.0459. The minimum atomic E-state index is -0.856. The Kier molecular flexibility index (Phi) is 8.35. The number of benzene rings is 3. The van der Waals surface area contributed by atoms with E-state index in [1.807, 2.05) is 91.0 Å². The van der Waals surface area contributed by atoms with Gasteiger partial charge in [0.2, 0.25) is 5.91 Å². The van der Waals surface area contributed by atoms with Crippen molar-refractivity contribution in [3.8, 4) is 0 Å². The number of β-lactam (4-membered cyclic amide) rings is 1. The summed E-state index contributed by atoms with van der Waals surface area (Å²) < 4.78 is 11.3. The molecule has 0 bridgehead atoms. The van der Waals surface area contributed by atoms with E-state index in [0.29, 0.717) is 4.91 Å². The highest BCUT2D eigenvalue weighted by Crippen LogP contribution is 2.46. The first-order chi connectivity index (χ1) is 19.8. The first-order valence-corrected chi connectivity index (χ1v) is 13.9. The quantitative estimate of drug-likeness (QED) is 0.304. The number of thioether (sulfide) groups is 1. The molecule has 1 saturated heterocycles. The number of carbonyl (C=O) groups excluding carboxylic acids is 4. The van der Waals surface area contributed by atoms with Crippen molar-refractivity contribution in [2.24, 2.45) is 0 Å². The molecule has 2 atom stereocenters. The number of fused-ring (bicyclic) bond motifs is 1. The van der Waals surface area contributed by atoms with Crippen LogP contribution in [0.5, 0.6) is 0 Å². The van der Waals surface area contributed by atoms with E-state index in [0.717, 1.165) is 16.7 Å². The second-order valence-electron chi connectivity index (χ2n) is 9.56. The maximum Gasteiger partial charge on any atom is 0.356 e. The maximum atomic E-state index is 13.9. The molecule has 5 rings (SSSR count). The van der Waals surface area contributed by atoms with E-state index in [1.54, 1.807) is 0 Å². The summed E-state index contributed by atoms with van der Waals surface area (Å²) >= 11 is 1.23. The van der Waals surface area contributed by atoms with Gasteiger partial charge in [0.1, 0.15) is 23.7 Å².